The summed E-state index contributed by atoms with van der Waals surface area (Å²) in [6.45, 7) is 0. The van der Waals surface area contributed by atoms with Crippen molar-refractivity contribution in [3.8, 4) is 0 Å². The minimum absolute atomic E-state index is 0.440. The quantitative estimate of drug-likeness (QED) is 0.916. The smallest absolute Gasteiger partial charge is 0.0940 e. The molecule has 1 atom stereocenters. The number of benzene rings is 1. The molecule has 0 spiro atoms. The molecule has 0 aliphatic carbocycles. The zero-order chi connectivity index (χ0) is 12.1. The maximum absolute atomic E-state index is 4.33. The highest BCUT2D eigenvalue weighted by molar-refractivity contribution is 9.10. The summed E-state index contributed by atoms with van der Waals surface area (Å²) < 4.78 is 1.14. The predicted octanol–water partition coefficient (Wildman–Crippen LogP) is 3.28. The van der Waals surface area contributed by atoms with E-state index in [0.29, 0.717) is 6.04 Å². The van der Waals surface area contributed by atoms with Crippen molar-refractivity contribution in [2.45, 2.75) is 18.9 Å². The third-order valence-corrected chi connectivity index (χ3v) is 3.98. The highest BCUT2D eigenvalue weighted by Crippen LogP contribution is 2.15. The van der Waals surface area contributed by atoms with Gasteiger partial charge in [-0.25, -0.2) is 4.98 Å². The summed E-state index contributed by atoms with van der Waals surface area (Å²) in [5.74, 6) is 0. The Bertz CT molecular complexity index is 456. The average Bonchev–Trinajstić information content (AvgIpc) is 2.81. The van der Waals surface area contributed by atoms with Crippen molar-refractivity contribution in [3.05, 3.63) is 50.9 Å². The van der Waals surface area contributed by atoms with E-state index < -0.39 is 0 Å². The third kappa shape index (κ3) is 3.91. The molecule has 0 aliphatic rings. The molecule has 0 saturated heterocycles. The molecule has 2 rings (SSSR count). The van der Waals surface area contributed by atoms with Crippen LogP contribution in [0, 0.1) is 0 Å². The van der Waals surface area contributed by atoms with Gasteiger partial charge in [-0.05, 0) is 31.2 Å². The van der Waals surface area contributed by atoms with Gasteiger partial charge in [-0.3, -0.25) is 0 Å². The van der Waals surface area contributed by atoms with Gasteiger partial charge < -0.3 is 5.32 Å². The van der Waals surface area contributed by atoms with Crippen LogP contribution in [0.25, 0.3) is 0 Å². The SMILES string of the molecule is CNC(Cc1cccc(Br)c1)Cc1nccs1. The van der Waals surface area contributed by atoms with E-state index in [9.17, 15) is 0 Å². The summed E-state index contributed by atoms with van der Waals surface area (Å²) >= 11 is 5.22. The first-order valence-electron chi connectivity index (χ1n) is 5.58. The zero-order valence-electron chi connectivity index (χ0n) is 9.69. The second-order valence-electron chi connectivity index (χ2n) is 3.95. The fourth-order valence-electron chi connectivity index (χ4n) is 1.79. The summed E-state index contributed by atoms with van der Waals surface area (Å²) in [6, 6.07) is 8.91. The second-order valence-corrected chi connectivity index (χ2v) is 5.84. The third-order valence-electron chi connectivity index (χ3n) is 2.68. The molecule has 0 fully saturated rings. The van der Waals surface area contributed by atoms with E-state index in [1.165, 1.54) is 10.6 Å². The van der Waals surface area contributed by atoms with Gasteiger partial charge >= 0.3 is 0 Å². The van der Waals surface area contributed by atoms with Gasteiger partial charge in [0.15, 0.2) is 0 Å². The van der Waals surface area contributed by atoms with Crippen molar-refractivity contribution in [1.82, 2.24) is 10.3 Å². The van der Waals surface area contributed by atoms with Crippen molar-refractivity contribution in [1.29, 1.82) is 0 Å². The molecule has 0 radical (unpaired) electrons. The molecule has 1 aromatic carbocycles. The summed E-state index contributed by atoms with van der Waals surface area (Å²) in [5, 5.41) is 6.58. The summed E-state index contributed by atoms with van der Waals surface area (Å²) in [5.41, 5.74) is 1.34. The molecule has 2 aromatic rings. The summed E-state index contributed by atoms with van der Waals surface area (Å²) in [4.78, 5) is 4.33. The Balaban J connectivity index is 2.00. The molecule has 1 aromatic heterocycles. The number of halogens is 1. The van der Waals surface area contributed by atoms with Gasteiger partial charge in [-0.15, -0.1) is 11.3 Å². The molecule has 1 N–H and O–H groups in total. The molecule has 0 aliphatic heterocycles. The summed E-state index contributed by atoms with van der Waals surface area (Å²) in [7, 11) is 2.01. The van der Waals surface area contributed by atoms with Crippen LogP contribution in [0.15, 0.2) is 40.3 Å². The predicted molar refractivity (Wildman–Crippen MR) is 76.5 cm³/mol. The van der Waals surface area contributed by atoms with Gasteiger partial charge in [0.2, 0.25) is 0 Å². The molecule has 90 valence electrons. The highest BCUT2D eigenvalue weighted by atomic mass is 79.9. The lowest BCUT2D eigenvalue weighted by Crippen LogP contribution is -2.29. The van der Waals surface area contributed by atoms with Crippen LogP contribution < -0.4 is 5.32 Å². The maximum Gasteiger partial charge on any atom is 0.0940 e. The Morgan fingerprint density at radius 3 is 2.94 bits per heavy atom. The fourth-order valence-corrected chi connectivity index (χ4v) is 2.93. The van der Waals surface area contributed by atoms with Crippen molar-refractivity contribution in [2.24, 2.45) is 0 Å². The van der Waals surface area contributed by atoms with Gasteiger partial charge in [0.1, 0.15) is 0 Å². The largest absolute Gasteiger partial charge is 0.316 e. The molecule has 1 unspecified atom stereocenters. The van der Waals surface area contributed by atoms with Crippen LogP contribution in [0.2, 0.25) is 0 Å². The van der Waals surface area contributed by atoms with Crippen molar-refractivity contribution in [2.75, 3.05) is 7.05 Å². The normalized spacial score (nSPS) is 12.6. The Kier molecular flexibility index (Phi) is 4.71. The molecule has 17 heavy (non-hydrogen) atoms. The molecule has 4 heteroatoms. The number of aromatic nitrogens is 1. The molecule has 0 saturated carbocycles. The number of nitrogens with one attached hydrogen (secondary N) is 1. The number of rotatable bonds is 5. The van der Waals surface area contributed by atoms with E-state index in [0.717, 1.165) is 17.3 Å². The van der Waals surface area contributed by atoms with E-state index in [4.69, 9.17) is 0 Å². The van der Waals surface area contributed by atoms with Gasteiger partial charge in [-0.2, -0.15) is 0 Å². The van der Waals surface area contributed by atoms with E-state index in [-0.39, 0.29) is 0 Å². The molecule has 2 nitrogen and oxygen atoms in total. The van der Waals surface area contributed by atoms with Crippen LogP contribution >= 0.6 is 27.3 Å². The number of hydrogen-bond acceptors (Lipinski definition) is 3. The summed E-state index contributed by atoms with van der Waals surface area (Å²) in [6.07, 6.45) is 3.88. The molecular formula is C13H15BrN2S. The fraction of sp³-hybridized carbons (Fsp3) is 0.308. The Labute approximate surface area is 114 Å². The molecule has 0 amide bonds. The first kappa shape index (κ1) is 12.7. The Hall–Kier alpha value is -0.710. The maximum atomic E-state index is 4.33. The molecule has 1 heterocycles. The van der Waals surface area contributed by atoms with E-state index in [2.05, 4.69) is 50.5 Å². The Morgan fingerprint density at radius 1 is 1.41 bits per heavy atom. The number of thiazole rings is 1. The van der Waals surface area contributed by atoms with Crippen LogP contribution in [-0.4, -0.2) is 18.1 Å². The lowest BCUT2D eigenvalue weighted by molar-refractivity contribution is 0.555. The topological polar surface area (TPSA) is 24.9 Å². The standard InChI is InChI=1S/C13H15BrN2S/c1-15-12(9-13-16-5-6-17-13)8-10-3-2-4-11(14)7-10/h2-7,12,15H,8-9H2,1H3. The highest BCUT2D eigenvalue weighted by Gasteiger charge is 2.10. The number of nitrogens with zero attached hydrogens (tertiary/aromatic N) is 1. The van der Waals surface area contributed by atoms with Crippen molar-refractivity contribution < 1.29 is 0 Å². The van der Waals surface area contributed by atoms with E-state index >= 15 is 0 Å². The van der Waals surface area contributed by atoms with Crippen molar-refractivity contribution in [3.63, 3.8) is 0 Å². The second kappa shape index (κ2) is 6.28. The average molecular weight is 311 g/mol. The first-order chi connectivity index (χ1) is 8.28. The van der Waals surface area contributed by atoms with Crippen LogP contribution in [-0.2, 0) is 12.8 Å². The van der Waals surface area contributed by atoms with Gasteiger partial charge in [0, 0.05) is 28.5 Å². The van der Waals surface area contributed by atoms with Crippen LogP contribution in [0.4, 0.5) is 0 Å². The van der Waals surface area contributed by atoms with Crippen LogP contribution in [0.1, 0.15) is 10.6 Å². The van der Waals surface area contributed by atoms with Gasteiger partial charge in [-0.1, -0.05) is 28.1 Å². The minimum Gasteiger partial charge on any atom is -0.316 e. The molecule has 0 bridgehead atoms. The van der Waals surface area contributed by atoms with Crippen LogP contribution in [0.3, 0.4) is 0 Å². The minimum atomic E-state index is 0.440. The first-order valence-corrected chi connectivity index (χ1v) is 7.25. The van der Waals surface area contributed by atoms with E-state index in [1.807, 2.05) is 18.6 Å². The molecular weight excluding hydrogens is 296 g/mol. The Morgan fingerprint density at radius 2 is 2.29 bits per heavy atom. The lowest BCUT2D eigenvalue weighted by Gasteiger charge is -2.14. The number of likely N-dealkylation sites (N-methyl/N-ethyl adjacent to an activating group) is 1. The lowest BCUT2D eigenvalue weighted by atomic mass is 10.0. The van der Waals surface area contributed by atoms with Crippen molar-refractivity contribution >= 4 is 27.3 Å². The zero-order valence-corrected chi connectivity index (χ0v) is 12.1. The van der Waals surface area contributed by atoms with Crippen LogP contribution in [0.5, 0.6) is 0 Å². The monoisotopic (exact) mass is 310 g/mol. The number of hydrogen-bond donors (Lipinski definition) is 1. The van der Waals surface area contributed by atoms with Gasteiger partial charge in [0.25, 0.3) is 0 Å². The van der Waals surface area contributed by atoms with E-state index in [1.54, 1.807) is 11.3 Å². The van der Waals surface area contributed by atoms with Gasteiger partial charge in [0.05, 0.1) is 5.01 Å².